The molecule has 134 valence electrons. The van der Waals surface area contributed by atoms with E-state index < -0.39 is 0 Å². The number of benzene rings is 2. The molecule has 0 radical (unpaired) electrons. The Hall–Kier alpha value is -2.53. The van der Waals surface area contributed by atoms with Gasteiger partial charge in [-0.3, -0.25) is 4.79 Å². The van der Waals surface area contributed by atoms with Crippen LogP contribution in [0.2, 0.25) is 0 Å². The van der Waals surface area contributed by atoms with E-state index in [1.54, 1.807) is 12.1 Å². The van der Waals surface area contributed by atoms with Crippen molar-refractivity contribution in [3.8, 4) is 11.5 Å². The summed E-state index contributed by atoms with van der Waals surface area (Å²) in [5.74, 6) is 1.24. The third-order valence-corrected chi connectivity index (χ3v) is 3.28. The van der Waals surface area contributed by atoms with Crippen LogP contribution in [0.15, 0.2) is 48.5 Å². The number of anilines is 1. The summed E-state index contributed by atoms with van der Waals surface area (Å²) in [6, 6.07) is 14.4. The smallest absolute Gasteiger partial charge is 0.255 e. The van der Waals surface area contributed by atoms with Crippen molar-refractivity contribution in [1.82, 2.24) is 0 Å². The highest BCUT2D eigenvalue weighted by atomic mass is 16.5. The second-order valence-corrected chi connectivity index (χ2v) is 5.72. The fraction of sp³-hybridized carbons (Fsp3) is 0.350. The lowest BCUT2D eigenvalue weighted by Gasteiger charge is -2.11. The van der Waals surface area contributed by atoms with Crippen molar-refractivity contribution >= 4 is 11.6 Å². The van der Waals surface area contributed by atoms with Gasteiger partial charge >= 0.3 is 0 Å². The van der Waals surface area contributed by atoms with Gasteiger partial charge in [-0.15, -0.1) is 0 Å². The van der Waals surface area contributed by atoms with E-state index in [1.807, 2.05) is 57.2 Å². The lowest BCUT2D eigenvalue weighted by atomic mass is 10.2. The van der Waals surface area contributed by atoms with Crippen LogP contribution in [0, 0.1) is 0 Å². The Morgan fingerprint density at radius 3 is 2.48 bits per heavy atom. The van der Waals surface area contributed by atoms with Gasteiger partial charge in [-0.25, -0.2) is 0 Å². The molecule has 0 aliphatic rings. The van der Waals surface area contributed by atoms with E-state index in [-0.39, 0.29) is 12.0 Å². The SMILES string of the molecule is CCOCCOc1ccc(NC(=O)c2cccc(OC(C)C)c2)cc1. The van der Waals surface area contributed by atoms with Crippen LogP contribution in [0.3, 0.4) is 0 Å². The summed E-state index contributed by atoms with van der Waals surface area (Å²) in [5, 5.41) is 2.87. The Kier molecular flexibility index (Phi) is 7.29. The molecule has 2 rings (SSSR count). The molecular formula is C20H25NO4. The fourth-order valence-corrected chi connectivity index (χ4v) is 2.18. The molecule has 0 saturated heterocycles. The van der Waals surface area contributed by atoms with Gasteiger partial charge in [-0.2, -0.15) is 0 Å². The highest BCUT2D eigenvalue weighted by molar-refractivity contribution is 6.04. The normalized spacial score (nSPS) is 10.6. The maximum atomic E-state index is 12.4. The Morgan fingerprint density at radius 1 is 1.04 bits per heavy atom. The quantitative estimate of drug-likeness (QED) is 0.695. The number of nitrogens with one attached hydrogen (secondary N) is 1. The highest BCUT2D eigenvalue weighted by Crippen LogP contribution is 2.19. The Labute approximate surface area is 148 Å². The molecule has 0 aliphatic heterocycles. The molecule has 5 heteroatoms. The van der Waals surface area contributed by atoms with Gasteiger partial charge in [0.2, 0.25) is 0 Å². The first-order valence-corrected chi connectivity index (χ1v) is 8.47. The van der Waals surface area contributed by atoms with Gasteiger partial charge in [-0.05, 0) is 63.2 Å². The summed E-state index contributed by atoms with van der Waals surface area (Å²) in [5.41, 5.74) is 1.26. The molecule has 25 heavy (non-hydrogen) atoms. The zero-order valence-corrected chi connectivity index (χ0v) is 15.0. The Balaban J connectivity index is 1.92. The molecule has 1 N–H and O–H groups in total. The molecule has 0 heterocycles. The molecule has 0 unspecified atom stereocenters. The molecule has 2 aromatic carbocycles. The molecule has 0 aliphatic carbocycles. The molecule has 1 amide bonds. The summed E-state index contributed by atoms with van der Waals surface area (Å²) >= 11 is 0. The van der Waals surface area contributed by atoms with Crippen LogP contribution in [0.1, 0.15) is 31.1 Å². The van der Waals surface area contributed by atoms with E-state index in [1.165, 1.54) is 0 Å². The molecule has 0 saturated carbocycles. The van der Waals surface area contributed by atoms with Gasteiger partial charge < -0.3 is 19.5 Å². The van der Waals surface area contributed by atoms with E-state index in [4.69, 9.17) is 14.2 Å². The van der Waals surface area contributed by atoms with Crippen LogP contribution in [0.5, 0.6) is 11.5 Å². The third-order valence-electron chi connectivity index (χ3n) is 3.28. The summed E-state index contributed by atoms with van der Waals surface area (Å²) in [7, 11) is 0. The summed E-state index contributed by atoms with van der Waals surface area (Å²) < 4.78 is 16.4. The number of carbonyl (C=O) groups is 1. The van der Waals surface area contributed by atoms with E-state index in [9.17, 15) is 4.79 Å². The van der Waals surface area contributed by atoms with Gasteiger partial charge in [0.15, 0.2) is 0 Å². The van der Waals surface area contributed by atoms with Gasteiger partial charge in [-0.1, -0.05) is 6.07 Å². The number of rotatable bonds is 9. The van der Waals surface area contributed by atoms with Crippen LogP contribution in [-0.2, 0) is 4.74 Å². The molecule has 0 fully saturated rings. The number of carbonyl (C=O) groups excluding carboxylic acids is 1. The van der Waals surface area contributed by atoms with Crippen molar-refractivity contribution in [2.75, 3.05) is 25.1 Å². The first-order valence-electron chi connectivity index (χ1n) is 8.47. The van der Waals surface area contributed by atoms with Crippen LogP contribution < -0.4 is 14.8 Å². The first-order chi connectivity index (χ1) is 12.1. The topological polar surface area (TPSA) is 56.8 Å². The number of amides is 1. The Bertz CT molecular complexity index is 668. The monoisotopic (exact) mass is 343 g/mol. The number of hydrogen-bond donors (Lipinski definition) is 1. The lowest BCUT2D eigenvalue weighted by molar-refractivity contribution is 0.102. The van der Waals surface area contributed by atoms with E-state index >= 15 is 0 Å². The average molecular weight is 343 g/mol. The highest BCUT2D eigenvalue weighted by Gasteiger charge is 2.08. The molecule has 0 atom stereocenters. The average Bonchev–Trinajstić information content (AvgIpc) is 2.60. The second-order valence-electron chi connectivity index (χ2n) is 5.72. The van der Waals surface area contributed by atoms with E-state index in [0.29, 0.717) is 36.8 Å². The predicted octanol–water partition coefficient (Wildman–Crippen LogP) is 4.14. The molecule has 5 nitrogen and oxygen atoms in total. The van der Waals surface area contributed by atoms with Crippen molar-refractivity contribution < 1.29 is 19.0 Å². The van der Waals surface area contributed by atoms with Crippen molar-refractivity contribution in [2.45, 2.75) is 26.9 Å². The minimum Gasteiger partial charge on any atom is -0.491 e. The summed E-state index contributed by atoms with van der Waals surface area (Å²) in [6.07, 6.45) is 0.0635. The molecule has 0 spiro atoms. The minimum absolute atomic E-state index is 0.0635. The molecule has 0 bridgehead atoms. The van der Waals surface area contributed by atoms with Crippen LogP contribution in [0.25, 0.3) is 0 Å². The molecular weight excluding hydrogens is 318 g/mol. The van der Waals surface area contributed by atoms with Crippen LogP contribution >= 0.6 is 0 Å². The maximum absolute atomic E-state index is 12.4. The standard InChI is InChI=1S/C20H25NO4/c1-4-23-12-13-24-18-10-8-17(9-11-18)21-20(22)16-6-5-7-19(14-16)25-15(2)3/h5-11,14-15H,4,12-13H2,1-3H3,(H,21,22). The largest absolute Gasteiger partial charge is 0.491 e. The predicted molar refractivity (Wildman–Crippen MR) is 98.6 cm³/mol. The minimum atomic E-state index is -0.181. The summed E-state index contributed by atoms with van der Waals surface area (Å²) in [4.78, 5) is 12.4. The lowest BCUT2D eigenvalue weighted by Crippen LogP contribution is -2.13. The van der Waals surface area contributed by atoms with Crippen molar-refractivity contribution in [3.63, 3.8) is 0 Å². The van der Waals surface area contributed by atoms with Crippen LogP contribution in [-0.4, -0.2) is 31.8 Å². The second kappa shape index (κ2) is 9.69. The van der Waals surface area contributed by atoms with E-state index in [2.05, 4.69) is 5.32 Å². The summed E-state index contributed by atoms with van der Waals surface area (Å²) in [6.45, 7) is 7.58. The maximum Gasteiger partial charge on any atom is 0.255 e. The van der Waals surface area contributed by atoms with Gasteiger partial charge in [0.05, 0.1) is 12.7 Å². The molecule has 0 aromatic heterocycles. The van der Waals surface area contributed by atoms with Crippen molar-refractivity contribution in [1.29, 1.82) is 0 Å². The van der Waals surface area contributed by atoms with Gasteiger partial charge in [0, 0.05) is 17.9 Å². The first kappa shape index (κ1) is 18.8. The molecule has 2 aromatic rings. The third kappa shape index (κ3) is 6.47. The van der Waals surface area contributed by atoms with Crippen molar-refractivity contribution in [2.24, 2.45) is 0 Å². The zero-order valence-electron chi connectivity index (χ0n) is 15.0. The number of ether oxygens (including phenoxy) is 3. The van der Waals surface area contributed by atoms with Crippen LogP contribution in [0.4, 0.5) is 5.69 Å². The van der Waals surface area contributed by atoms with E-state index in [0.717, 1.165) is 5.75 Å². The number of hydrogen-bond acceptors (Lipinski definition) is 4. The fourth-order valence-electron chi connectivity index (χ4n) is 2.18. The Morgan fingerprint density at radius 2 is 1.80 bits per heavy atom. The van der Waals surface area contributed by atoms with Gasteiger partial charge in [0.25, 0.3) is 5.91 Å². The zero-order chi connectivity index (χ0) is 18.1. The van der Waals surface area contributed by atoms with Gasteiger partial charge in [0.1, 0.15) is 18.1 Å². The van der Waals surface area contributed by atoms with Crippen molar-refractivity contribution in [3.05, 3.63) is 54.1 Å².